The number of piperidine rings is 1. The summed E-state index contributed by atoms with van der Waals surface area (Å²) >= 11 is 0. The summed E-state index contributed by atoms with van der Waals surface area (Å²) in [5.41, 5.74) is 0. The molecule has 0 saturated carbocycles. The Morgan fingerprint density at radius 3 is 2.79 bits per heavy atom. The summed E-state index contributed by atoms with van der Waals surface area (Å²) in [6.07, 6.45) is 1.52. The number of amides is 1. The summed E-state index contributed by atoms with van der Waals surface area (Å²) in [5, 5.41) is 4.95. The highest BCUT2D eigenvalue weighted by Gasteiger charge is 2.28. The maximum Gasteiger partial charge on any atom is 0.234 e. The van der Waals surface area contributed by atoms with Crippen LogP contribution in [0.5, 0.6) is 0 Å². The average molecular weight is 220 g/mol. The Balaban J connectivity index is 2.59. The summed E-state index contributed by atoms with van der Waals surface area (Å²) in [5.74, 6) is -0.828. The monoisotopic (exact) mass is 220 g/mol. The molecule has 0 aliphatic carbocycles. The fraction of sp³-hybridized carbons (Fsp3) is 0.875. The van der Waals surface area contributed by atoms with Gasteiger partial charge in [-0.3, -0.25) is 4.79 Å². The van der Waals surface area contributed by atoms with Crippen LogP contribution in [0, 0.1) is 0 Å². The zero-order chi connectivity index (χ0) is 10.6. The SMILES string of the molecule is CNC(=O)CS(=O)(=O)C1CCCNC1. The second kappa shape index (κ2) is 4.75. The molecule has 0 bridgehead atoms. The van der Waals surface area contributed by atoms with E-state index in [9.17, 15) is 13.2 Å². The van der Waals surface area contributed by atoms with Gasteiger partial charge in [-0.05, 0) is 19.4 Å². The van der Waals surface area contributed by atoms with E-state index in [4.69, 9.17) is 0 Å². The number of carbonyl (C=O) groups excluding carboxylic acids is 1. The summed E-state index contributed by atoms with van der Waals surface area (Å²) in [4.78, 5) is 11.0. The summed E-state index contributed by atoms with van der Waals surface area (Å²) in [7, 11) is -1.83. The molecule has 1 fully saturated rings. The lowest BCUT2D eigenvalue weighted by Gasteiger charge is -2.22. The van der Waals surface area contributed by atoms with Crippen LogP contribution in [0.25, 0.3) is 0 Å². The van der Waals surface area contributed by atoms with Crippen molar-refractivity contribution >= 4 is 15.7 Å². The zero-order valence-corrected chi connectivity index (χ0v) is 9.06. The third-order valence-corrected chi connectivity index (χ3v) is 4.45. The van der Waals surface area contributed by atoms with Gasteiger partial charge in [0.15, 0.2) is 9.84 Å². The third kappa shape index (κ3) is 2.95. The van der Waals surface area contributed by atoms with E-state index >= 15 is 0 Å². The van der Waals surface area contributed by atoms with Crippen molar-refractivity contribution in [3.05, 3.63) is 0 Å². The number of rotatable bonds is 3. The molecule has 2 N–H and O–H groups in total. The molecule has 0 aromatic carbocycles. The van der Waals surface area contributed by atoms with Gasteiger partial charge in [-0.15, -0.1) is 0 Å². The summed E-state index contributed by atoms with van der Waals surface area (Å²) < 4.78 is 23.3. The van der Waals surface area contributed by atoms with Gasteiger partial charge in [-0.25, -0.2) is 8.42 Å². The fourth-order valence-electron chi connectivity index (χ4n) is 1.50. The standard InChI is InChI=1S/C8H16N2O3S/c1-9-8(11)6-14(12,13)7-3-2-4-10-5-7/h7,10H,2-6H2,1H3,(H,9,11). The molecule has 1 aliphatic rings. The molecule has 14 heavy (non-hydrogen) atoms. The normalized spacial score (nSPS) is 23.1. The van der Waals surface area contributed by atoms with Crippen LogP contribution in [-0.2, 0) is 14.6 Å². The summed E-state index contributed by atoms with van der Waals surface area (Å²) in [6, 6.07) is 0. The highest BCUT2D eigenvalue weighted by molar-refractivity contribution is 7.92. The van der Waals surface area contributed by atoms with Crippen molar-refractivity contribution in [1.82, 2.24) is 10.6 Å². The van der Waals surface area contributed by atoms with Crippen LogP contribution >= 0.6 is 0 Å². The number of carbonyl (C=O) groups is 1. The molecule has 1 aliphatic heterocycles. The van der Waals surface area contributed by atoms with Gasteiger partial charge in [0.1, 0.15) is 5.75 Å². The predicted molar refractivity (Wildman–Crippen MR) is 53.7 cm³/mol. The first-order valence-corrected chi connectivity index (χ1v) is 6.40. The zero-order valence-electron chi connectivity index (χ0n) is 8.25. The average Bonchev–Trinajstić information content (AvgIpc) is 2.18. The van der Waals surface area contributed by atoms with E-state index in [-0.39, 0.29) is 0 Å². The number of sulfone groups is 1. The molecular weight excluding hydrogens is 204 g/mol. The van der Waals surface area contributed by atoms with Gasteiger partial charge in [-0.2, -0.15) is 0 Å². The second-order valence-electron chi connectivity index (χ2n) is 3.45. The first-order chi connectivity index (χ1) is 6.56. The molecule has 0 aromatic heterocycles. The van der Waals surface area contributed by atoms with E-state index in [2.05, 4.69) is 10.6 Å². The van der Waals surface area contributed by atoms with Crippen molar-refractivity contribution in [3.8, 4) is 0 Å². The Morgan fingerprint density at radius 1 is 1.57 bits per heavy atom. The minimum absolute atomic E-state index is 0.393. The lowest BCUT2D eigenvalue weighted by atomic mass is 10.2. The third-order valence-electron chi connectivity index (χ3n) is 2.37. The number of hydrogen-bond acceptors (Lipinski definition) is 4. The minimum Gasteiger partial charge on any atom is -0.358 e. The van der Waals surface area contributed by atoms with Crippen molar-refractivity contribution in [2.75, 3.05) is 25.9 Å². The number of hydrogen-bond donors (Lipinski definition) is 2. The van der Waals surface area contributed by atoms with Gasteiger partial charge in [0, 0.05) is 13.6 Å². The maximum atomic E-state index is 11.7. The van der Waals surface area contributed by atoms with Crippen LogP contribution < -0.4 is 10.6 Å². The molecule has 0 spiro atoms. The molecule has 1 amide bonds. The molecule has 1 heterocycles. The molecule has 1 saturated heterocycles. The van der Waals surface area contributed by atoms with Gasteiger partial charge in [0.2, 0.25) is 5.91 Å². The van der Waals surface area contributed by atoms with Gasteiger partial charge < -0.3 is 10.6 Å². The van der Waals surface area contributed by atoms with Crippen molar-refractivity contribution in [1.29, 1.82) is 0 Å². The Kier molecular flexibility index (Phi) is 3.88. The molecule has 1 atom stereocenters. The Bertz CT molecular complexity index is 294. The van der Waals surface area contributed by atoms with Crippen LogP contribution in [0.1, 0.15) is 12.8 Å². The molecular formula is C8H16N2O3S. The highest BCUT2D eigenvalue weighted by atomic mass is 32.2. The smallest absolute Gasteiger partial charge is 0.234 e. The quantitative estimate of drug-likeness (QED) is 0.633. The van der Waals surface area contributed by atoms with Crippen LogP contribution in [0.2, 0.25) is 0 Å². The Labute approximate surface area is 84.2 Å². The topological polar surface area (TPSA) is 75.3 Å². The first kappa shape index (κ1) is 11.5. The fourth-order valence-corrected chi connectivity index (χ4v) is 3.14. The van der Waals surface area contributed by atoms with Gasteiger partial charge >= 0.3 is 0 Å². The Morgan fingerprint density at radius 2 is 2.29 bits per heavy atom. The molecule has 5 nitrogen and oxygen atoms in total. The van der Waals surface area contributed by atoms with Crippen LogP contribution in [0.4, 0.5) is 0 Å². The molecule has 1 rings (SSSR count). The first-order valence-electron chi connectivity index (χ1n) is 4.69. The van der Waals surface area contributed by atoms with E-state index in [0.29, 0.717) is 13.0 Å². The van der Waals surface area contributed by atoms with Crippen molar-refractivity contribution in [2.45, 2.75) is 18.1 Å². The van der Waals surface area contributed by atoms with E-state index in [0.717, 1.165) is 13.0 Å². The minimum atomic E-state index is -3.27. The van der Waals surface area contributed by atoms with Crippen molar-refractivity contribution in [3.63, 3.8) is 0 Å². The van der Waals surface area contributed by atoms with E-state index in [1.807, 2.05) is 0 Å². The van der Waals surface area contributed by atoms with Gasteiger partial charge in [-0.1, -0.05) is 0 Å². The van der Waals surface area contributed by atoms with Crippen molar-refractivity contribution < 1.29 is 13.2 Å². The van der Waals surface area contributed by atoms with Gasteiger partial charge in [0.05, 0.1) is 5.25 Å². The second-order valence-corrected chi connectivity index (χ2v) is 5.73. The van der Waals surface area contributed by atoms with Crippen LogP contribution in [0.15, 0.2) is 0 Å². The van der Waals surface area contributed by atoms with Gasteiger partial charge in [0.25, 0.3) is 0 Å². The number of nitrogens with one attached hydrogen (secondary N) is 2. The van der Waals surface area contributed by atoms with Crippen LogP contribution in [-0.4, -0.2) is 45.5 Å². The molecule has 82 valence electrons. The lowest BCUT2D eigenvalue weighted by molar-refractivity contribution is -0.118. The lowest BCUT2D eigenvalue weighted by Crippen LogP contribution is -2.42. The molecule has 1 unspecified atom stereocenters. The predicted octanol–water partition coefficient (Wildman–Crippen LogP) is -1.10. The summed E-state index contributed by atoms with van der Waals surface area (Å²) in [6.45, 7) is 1.34. The maximum absolute atomic E-state index is 11.7. The van der Waals surface area contributed by atoms with E-state index < -0.39 is 26.7 Å². The molecule has 0 radical (unpaired) electrons. The van der Waals surface area contributed by atoms with Crippen LogP contribution in [0.3, 0.4) is 0 Å². The molecule has 6 heteroatoms. The molecule has 0 aromatic rings. The van der Waals surface area contributed by atoms with E-state index in [1.54, 1.807) is 0 Å². The largest absolute Gasteiger partial charge is 0.358 e. The highest BCUT2D eigenvalue weighted by Crippen LogP contribution is 2.12. The Hall–Kier alpha value is -0.620. The van der Waals surface area contributed by atoms with Crippen molar-refractivity contribution in [2.24, 2.45) is 0 Å². The van der Waals surface area contributed by atoms with E-state index in [1.165, 1.54) is 7.05 Å².